The summed E-state index contributed by atoms with van der Waals surface area (Å²) in [5.74, 6) is -0.0177. The smallest absolute Gasteiger partial charge is 0.267 e. The molecule has 1 aromatic heterocycles. The lowest BCUT2D eigenvalue weighted by Gasteiger charge is -2.23. The topological polar surface area (TPSA) is 103 Å². The van der Waals surface area contributed by atoms with Gasteiger partial charge >= 0.3 is 0 Å². The molecule has 0 amide bonds. The summed E-state index contributed by atoms with van der Waals surface area (Å²) in [6.07, 6.45) is 0.313. The van der Waals surface area contributed by atoms with Gasteiger partial charge in [0.25, 0.3) is 15.9 Å². The first-order valence-corrected chi connectivity index (χ1v) is 11.7. The first kappa shape index (κ1) is 26.6. The Labute approximate surface area is 188 Å². The van der Waals surface area contributed by atoms with Crippen LogP contribution in [0.15, 0.2) is 12.1 Å². The second kappa shape index (κ2) is 10.3. The molecule has 11 heteroatoms. The third kappa shape index (κ3) is 7.39. The van der Waals surface area contributed by atoms with Gasteiger partial charge in [0, 0.05) is 25.5 Å². The van der Waals surface area contributed by atoms with Gasteiger partial charge in [-0.25, -0.2) is 9.13 Å². The number of nitrogens with zero attached hydrogens (tertiary/aromatic N) is 3. The summed E-state index contributed by atoms with van der Waals surface area (Å²) in [5, 5.41) is 10.0. The molecule has 0 fully saturated rings. The number of carboxylic acids is 1. The molecule has 0 aliphatic carbocycles. The van der Waals surface area contributed by atoms with Gasteiger partial charge in [0.15, 0.2) is 11.0 Å². The monoisotopic (exact) mass is 482 g/mol. The molecule has 0 aliphatic rings. The zero-order valence-electron chi connectivity index (χ0n) is 18.1. The molecule has 0 saturated carbocycles. The maximum Gasteiger partial charge on any atom is 0.267 e. The number of carboxylic acid groups (broad SMARTS) is 1. The summed E-state index contributed by atoms with van der Waals surface area (Å²) in [7, 11) is 1.38. The normalized spacial score (nSPS) is 13.1. The largest absolute Gasteiger partial charge is 0.544 e. The minimum absolute atomic E-state index is 0.0694. The van der Waals surface area contributed by atoms with Gasteiger partial charge in [-0.3, -0.25) is 4.55 Å². The van der Waals surface area contributed by atoms with Crippen molar-refractivity contribution in [1.82, 2.24) is 4.57 Å². The summed E-state index contributed by atoms with van der Waals surface area (Å²) < 4.78 is 35.9. The predicted octanol–water partition coefficient (Wildman–Crippen LogP) is 1.67. The number of hydrogen-bond donors (Lipinski definition) is 1. The summed E-state index contributed by atoms with van der Waals surface area (Å²) in [4.78, 5) is 9.89. The number of aliphatic carboxylic acids is 1. The molecule has 0 spiro atoms. The highest BCUT2D eigenvalue weighted by Crippen LogP contribution is 2.27. The number of likely N-dealkylation sites (N-methyl/N-ethyl adjacent to an activating group) is 1. The maximum atomic E-state index is 11.2. The van der Waals surface area contributed by atoms with Gasteiger partial charge in [0.05, 0.1) is 55.5 Å². The minimum atomic E-state index is -4.02. The van der Waals surface area contributed by atoms with E-state index >= 15 is 0 Å². The average molecular weight is 483 g/mol. The molecule has 8 nitrogen and oxygen atoms in total. The highest BCUT2D eigenvalue weighted by Gasteiger charge is 2.24. The summed E-state index contributed by atoms with van der Waals surface area (Å²) in [6, 6.07) is 3.61. The summed E-state index contributed by atoms with van der Waals surface area (Å²) >= 11 is 12.2. The molecule has 1 aromatic carbocycles. The molecular weight excluding hydrogens is 453 g/mol. The van der Waals surface area contributed by atoms with Crippen molar-refractivity contribution in [3.63, 3.8) is 0 Å². The van der Waals surface area contributed by atoms with E-state index in [0.29, 0.717) is 27.5 Å². The van der Waals surface area contributed by atoms with Gasteiger partial charge in [-0.1, -0.05) is 23.2 Å². The van der Waals surface area contributed by atoms with Crippen LogP contribution in [0.4, 0.5) is 0 Å². The first-order chi connectivity index (χ1) is 13.6. The third-order valence-electron chi connectivity index (χ3n) is 4.57. The summed E-state index contributed by atoms with van der Waals surface area (Å²) in [6.45, 7) is 6.78. The second-order valence-electron chi connectivity index (χ2n) is 8.13. The number of benzene rings is 1. The lowest BCUT2D eigenvalue weighted by molar-refractivity contribution is -0.864. The molecule has 0 aliphatic heterocycles. The molecular formula is C19H30Cl2N3O5S+. The lowest BCUT2D eigenvalue weighted by Crippen LogP contribution is -2.45. The van der Waals surface area contributed by atoms with Crippen LogP contribution in [0.3, 0.4) is 0 Å². The number of carbonyl (C=O) groups is 1. The average Bonchev–Trinajstić information content (AvgIpc) is 2.81. The molecule has 0 bridgehead atoms. The van der Waals surface area contributed by atoms with E-state index < -0.39 is 21.3 Å². The van der Waals surface area contributed by atoms with Crippen LogP contribution in [0.2, 0.25) is 10.0 Å². The molecule has 2 rings (SSSR count). The fourth-order valence-electron chi connectivity index (χ4n) is 2.98. The number of aryl methyl sites for hydroxylation is 2. The van der Waals surface area contributed by atoms with E-state index in [2.05, 4.69) is 4.57 Å². The van der Waals surface area contributed by atoms with Gasteiger partial charge in [-0.15, -0.1) is 0 Å². The zero-order chi connectivity index (χ0) is 23.4. The van der Waals surface area contributed by atoms with Gasteiger partial charge in [0.2, 0.25) is 0 Å². The van der Waals surface area contributed by atoms with Crippen molar-refractivity contribution < 1.29 is 31.9 Å². The molecule has 0 saturated heterocycles. The van der Waals surface area contributed by atoms with E-state index in [9.17, 15) is 18.3 Å². The molecule has 2 aromatic rings. The Morgan fingerprint density at radius 1 is 1.27 bits per heavy atom. The Morgan fingerprint density at radius 2 is 1.80 bits per heavy atom. The van der Waals surface area contributed by atoms with Crippen molar-refractivity contribution in [1.29, 1.82) is 0 Å². The number of carbonyl (C=O) groups excluding carboxylic acids is 1. The van der Waals surface area contributed by atoms with Crippen molar-refractivity contribution in [3.05, 3.63) is 28.0 Å². The van der Waals surface area contributed by atoms with Gasteiger partial charge in [-0.2, -0.15) is 8.42 Å². The third-order valence-corrected chi connectivity index (χ3v) is 6.54. The molecule has 1 heterocycles. The van der Waals surface area contributed by atoms with Crippen LogP contribution >= 0.6 is 23.2 Å². The molecule has 1 atom stereocenters. The van der Waals surface area contributed by atoms with E-state index in [1.165, 1.54) is 6.92 Å². The zero-order valence-corrected chi connectivity index (χ0v) is 20.5. The lowest BCUT2D eigenvalue weighted by atomic mass is 10.3. The molecule has 0 radical (unpaired) electrons. The van der Waals surface area contributed by atoms with Gasteiger partial charge < -0.3 is 14.4 Å². The Hall–Kier alpha value is -1.39. The number of halogens is 2. The molecule has 1 N–H and O–H groups in total. The second-order valence-corrected chi connectivity index (χ2v) is 10.8. The Balaban J connectivity index is 0.000000479. The molecule has 30 heavy (non-hydrogen) atoms. The number of fused-ring (bicyclic) bond motifs is 1. The van der Waals surface area contributed by atoms with Crippen LogP contribution in [0.5, 0.6) is 0 Å². The number of quaternary nitrogens is 1. The van der Waals surface area contributed by atoms with Crippen LogP contribution in [0.1, 0.15) is 26.1 Å². The van der Waals surface area contributed by atoms with E-state index in [1.54, 1.807) is 27.2 Å². The van der Waals surface area contributed by atoms with E-state index in [4.69, 9.17) is 27.8 Å². The number of imidazole rings is 1. The first-order valence-electron chi connectivity index (χ1n) is 9.42. The van der Waals surface area contributed by atoms with Crippen LogP contribution in [-0.4, -0.2) is 60.9 Å². The Bertz CT molecular complexity index is 1010. The SMILES string of the molecule is CCn1c(C)[n+](CCC(C)S(=O)(=O)O)c2cc(Cl)c(Cl)cc21.C[N+](C)(C)CC(=O)[O-]. The van der Waals surface area contributed by atoms with Crippen molar-refractivity contribution >= 4 is 50.3 Å². The predicted molar refractivity (Wildman–Crippen MR) is 116 cm³/mol. The molecule has 170 valence electrons. The fraction of sp³-hybridized carbons (Fsp3) is 0.579. The van der Waals surface area contributed by atoms with E-state index in [0.717, 1.165) is 23.4 Å². The van der Waals surface area contributed by atoms with Crippen LogP contribution in [0.25, 0.3) is 11.0 Å². The summed E-state index contributed by atoms with van der Waals surface area (Å²) in [5.41, 5.74) is 1.85. The van der Waals surface area contributed by atoms with Crippen molar-refractivity contribution in [2.75, 3.05) is 27.7 Å². The Morgan fingerprint density at radius 3 is 2.20 bits per heavy atom. The van der Waals surface area contributed by atoms with E-state index in [1.807, 2.05) is 24.5 Å². The van der Waals surface area contributed by atoms with Crippen LogP contribution < -0.4 is 9.67 Å². The Kier molecular flexibility index (Phi) is 9.13. The van der Waals surface area contributed by atoms with Crippen molar-refractivity contribution in [2.45, 2.75) is 45.5 Å². The van der Waals surface area contributed by atoms with Crippen molar-refractivity contribution in [2.24, 2.45) is 0 Å². The number of aromatic nitrogens is 2. The van der Waals surface area contributed by atoms with E-state index in [-0.39, 0.29) is 6.54 Å². The standard InChI is InChI=1S/C14H18Cl2N2O3S.C5H11NO2/c1-4-17-10(3)18(6-5-9(2)22(19,20)21)14-8-12(16)11(15)7-13(14)17;1-6(2,3)4-5(7)8/h7-9H,4-6H2,1-3H3;4H2,1-3H3/p+1. The van der Waals surface area contributed by atoms with Crippen molar-refractivity contribution in [3.8, 4) is 0 Å². The number of rotatable bonds is 7. The number of hydrogen-bond acceptors (Lipinski definition) is 4. The van der Waals surface area contributed by atoms with Crippen LogP contribution in [-0.2, 0) is 28.0 Å². The fourth-order valence-corrected chi connectivity index (χ4v) is 3.70. The highest BCUT2D eigenvalue weighted by molar-refractivity contribution is 7.86. The molecule has 1 unspecified atom stereocenters. The van der Waals surface area contributed by atoms with Gasteiger partial charge in [-0.05, 0) is 13.8 Å². The minimum Gasteiger partial charge on any atom is -0.544 e. The highest BCUT2D eigenvalue weighted by atomic mass is 35.5. The quantitative estimate of drug-likeness (QED) is 0.367. The van der Waals surface area contributed by atoms with Gasteiger partial charge in [0.1, 0.15) is 6.54 Å². The van der Waals surface area contributed by atoms with Crippen LogP contribution in [0, 0.1) is 6.92 Å². The maximum absolute atomic E-state index is 11.2.